The van der Waals surface area contributed by atoms with Gasteiger partial charge in [-0.05, 0) is 133 Å². The van der Waals surface area contributed by atoms with Gasteiger partial charge in [0, 0.05) is 30.0 Å². The molecule has 9 rings (SSSR count). The van der Waals surface area contributed by atoms with E-state index in [0.717, 1.165) is 0 Å². The van der Waals surface area contributed by atoms with Gasteiger partial charge in [0.1, 0.15) is 0 Å². The molecule has 43 heavy (non-hydrogen) atoms. The smallest absolute Gasteiger partial charge is 0.0355 e. The summed E-state index contributed by atoms with van der Waals surface area (Å²) in [5, 5.41) is 2.66. The summed E-state index contributed by atoms with van der Waals surface area (Å²) in [6.07, 6.45) is 0. The Hall–Kier alpha value is -3.98. The van der Waals surface area contributed by atoms with Gasteiger partial charge in [0.25, 0.3) is 0 Å². The highest BCUT2D eigenvalue weighted by atomic mass is 32.1. The molecule has 0 nitrogen and oxygen atoms in total. The molecule has 0 atom stereocenters. The number of hydrogen-bond donors (Lipinski definition) is 0. The molecule has 0 fully saturated rings. The molecular weight excluding hydrogens is 557 g/mol. The number of fused-ring (bicyclic) bond motifs is 8. The zero-order valence-corrected chi connectivity index (χ0v) is 26.8. The molecule has 0 aliphatic heterocycles. The van der Waals surface area contributed by atoms with Crippen LogP contribution in [-0.4, -0.2) is 0 Å². The molecule has 0 amide bonds. The zero-order chi connectivity index (χ0) is 29.2. The average Bonchev–Trinajstić information content (AvgIpc) is 3.73. The molecule has 2 aliphatic carbocycles. The van der Waals surface area contributed by atoms with Crippen LogP contribution in [0.1, 0.15) is 55.5 Å². The SMILES string of the molecule is Cc1cc(-c2cc3ccccc3s2)cc2c1-c1cc3c(cc1C2(C)C)-c1ccc(-c2cc4ccccc4s2)cc1C3(C)C. The highest BCUT2D eigenvalue weighted by Gasteiger charge is 2.42. The van der Waals surface area contributed by atoms with E-state index in [4.69, 9.17) is 0 Å². The molecule has 0 unspecified atom stereocenters. The largest absolute Gasteiger partial charge is 0.135 e. The Morgan fingerprint density at radius 2 is 1.00 bits per heavy atom. The Kier molecular flexibility index (Phi) is 5.08. The van der Waals surface area contributed by atoms with Crippen LogP contribution in [0.15, 0.2) is 103 Å². The summed E-state index contributed by atoms with van der Waals surface area (Å²) in [5.74, 6) is 0. The molecule has 2 aromatic heterocycles. The summed E-state index contributed by atoms with van der Waals surface area (Å²) in [6.45, 7) is 12.0. The third-order valence-electron chi connectivity index (χ3n) is 10.2. The number of aryl methyl sites for hydroxylation is 1. The van der Waals surface area contributed by atoms with Gasteiger partial charge in [-0.25, -0.2) is 0 Å². The van der Waals surface area contributed by atoms with Gasteiger partial charge in [0.15, 0.2) is 0 Å². The van der Waals surface area contributed by atoms with Gasteiger partial charge in [0.2, 0.25) is 0 Å². The first-order valence-corrected chi connectivity index (χ1v) is 16.8. The Morgan fingerprint density at radius 1 is 0.465 bits per heavy atom. The van der Waals surface area contributed by atoms with Crippen molar-refractivity contribution < 1.29 is 0 Å². The van der Waals surface area contributed by atoms with Crippen LogP contribution in [-0.2, 0) is 10.8 Å². The van der Waals surface area contributed by atoms with Crippen LogP contribution in [0.25, 0.3) is 63.3 Å². The summed E-state index contributed by atoms with van der Waals surface area (Å²) < 4.78 is 2.70. The maximum atomic E-state index is 2.55. The standard InChI is InChI=1S/C41H32S2/c1-23-16-27(38-20-25-11-7-9-13-36(25)43-38)18-34-39(23)30-22-32-29(21-33(30)41(34,4)5)28-15-14-26(17-31(28)40(32,2)3)37-19-24-10-6-8-12-35(24)42-37/h6-22H,1-5H3. The third-order valence-corrected chi connectivity index (χ3v) is 12.5. The van der Waals surface area contributed by atoms with Gasteiger partial charge >= 0.3 is 0 Å². The van der Waals surface area contributed by atoms with Crippen LogP contribution in [0.5, 0.6) is 0 Å². The monoisotopic (exact) mass is 588 g/mol. The van der Waals surface area contributed by atoms with E-state index < -0.39 is 0 Å². The van der Waals surface area contributed by atoms with Crippen molar-refractivity contribution in [3.05, 3.63) is 131 Å². The number of thiophene rings is 2. The average molecular weight is 589 g/mol. The van der Waals surface area contributed by atoms with Crippen LogP contribution >= 0.6 is 22.7 Å². The molecule has 0 N–H and O–H groups in total. The van der Waals surface area contributed by atoms with Crippen molar-refractivity contribution in [2.75, 3.05) is 0 Å². The molecule has 2 aliphatic rings. The first-order valence-electron chi connectivity index (χ1n) is 15.2. The lowest BCUT2D eigenvalue weighted by Gasteiger charge is -2.24. The second-order valence-electron chi connectivity index (χ2n) is 13.5. The molecule has 208 valence electrons. The summed E-state index contributed by atoms with van der Waals surface area (Å²) >= 11 is 3.79. The van der Waals surface area contributed by atoms with Gasteiger partial charge < -0.3 is 0 Å². The quantitative estimate of drug-likeness (QED) is 0.188. The number of rotatable bonds is 2. The summed E-state index contributed by atoms with van der Waals surface area (Å²) in [4.78, 5) is 2.70. The predicted molar refractivity (Wildman–Crippen MR) is 188 cm³/mol. The van der Waals surface area contributed by atoms with E-state index in [0.29, 0.717) is 0 Å². The first-order chi connectivity index (χ1) is 20.7. The molecule has 0 saturated heterocycles. The number of hydrogen-bond acceptors (Lipinski definition) is 2. The minimum Gasteiger partial charge on any atom is -0.135 e. The van der Waals surface area contributed by atoms with E-state index in [1.54, 1.807) is 0 Å². The van der Waals surface area contributed by atoms with E-state index in [1.807, 2.05) is 22.7 Å². The van der Waals surface area contributed by atoms with Crippen LogP contribution < -0.4 is 0 Å². The van der Waals surface area contributed by atoms with E-state index in [-0.39, 0.29) is 10.8 Å². The van der Waals surface area contributed by atoms with Gasteiger partial charge in [-0.3, -0.25) is 0 Å². The minimum absolute atomic E-state index is 0.0653. The van der Waals surface area contributed by atoms with Crippen LogP contribution in [0.2, 0.25) is 0 Å². The molecule has 0 spiro atoms. The van der Waals surface area contributed by atoms with Crippen molar-refractivity contribution in [2.24, 2.45) is 0 Å². The van der Waals surface area contributed by atoms with Gasteiger partial charge in [-0.15, -0.1) is 22.7 Å². The van der Waals surface area contributed by atoms with E-state index >= 15 is 0 Å². The third kappa shape index (κ3) is 3.48. The summed E-state index contributed by atoms with van der Waals surface area (Å²) in [6, 6.07) is 39.3. The molecule has 7 aromatic rings. The highest BCUT2D eigenvalue weighted by Crippen LogP contribution is 2.57. The fraction of sp³-hybridized carbons (Fsp3) is 0.171. The van der Waals surface area contributed by atoms with Crippen LogP contribution in [0.4, 0.5) is 0 Å². The lowest BCUT2D eigenvalue weighted by molar-refractivity contribution is 0.652. The first kappa shape index (κ1) is 25.5. The fourth-order valence-electron chi connectivity index (χ4n) is 7.83. The Balaban J connectivity index is 1.18. The predicted octanol–water partition coefficient (Wildman–Crippen LogP) is 12.4. The van der Waals surface area contributed by atoms with Crippen LogP contribution in [0, 0.1) is 6.92 Å². The van der Waals surface area contributed by atoms with Crippen molar-refractivity contribution in [3.8, 4) is 43.1 Å². The Bertz CT molecular complexity index is 2240. The second kappa shape index (κ2) is 8.56. The summed E-state index contributed by atoms with van der Waals surface area (Å²) in [5.41, 5.74) is 15.4. The highest BCUT2D eigenvalue weighted by molar-refractivity contribution is 7.22. The molecule has 2 heteroatoms. The number of benzene rings is 5. The second-order valence-corrected chi connectivity index (χ2v) is 15.6. The van der Waals surface area contributed by atoms with Gasteiger partial charge in [-0.1, -0.05) is 76.2 Å². The molecule has 0 saturated carbocycles. The molecule has 0 bridgehead atoms. The van der Waals surface area contributed by atoms with E-state index in [9.17, 15) is 0 Å². The maximum Gasteiger partial charge on any atom is 0.0355 e. The van der Waals surface area contributed by atoms with Crippen LogP contribution in [0.3, 0.4) is 0 Å². The topological polar surface area (TPSA) is 0 Å². The summed E-state index contributed by atoms with van der Waals surface area (Å²) in [7, 11) is 0. The Labute approximate surface area is 261 Å². The van der Waals surface area contributed by atoms with Gasteiger partial charge in [-0.2, -0.15) is 0 Å². The molecular formula is C41H32S2. The van der Waals surface area contributed by atoms with Crippen molar-refractivity contribution in [2.45, 2.75) is 45.4 Å². The van der Waals surface area contributed by atoms with Crippen molar-refractivity contribution in [3.63, 3.8) is 0 Å². The van der Waals surface area contributed by atoms with Crippen molar-refractivity contribution in [1.82, 2.24) is 0 Å². The van der Waals surface area contributed by atoms with E-state index in [1.165, 1.54) is 91.1 Å². The van der Waals surface area contributed by atoms with Crippen molar-refractivity contribution in [1.29, 1.82) is 0 Å². The Morgan fingerprint density at radius 3 is 1.67 bits per heavy atom. The normalized spacial score (nSPS) is 15.5. The lowest BCUT2D eigenvalue weighted by Crippen LogP contribution is -2.17. The molecule has 2 heterocycles. The lowest BCUT2D eigenvalue weighted by atomic mass is 9.79. The minimum atomic E-state index is -0.0684. The van der Waals surface area contributed by atoms with Crippen molar-refractivity contribution >= 4 is 42.8 Å². The molecule has 0 radical (unpaired) electrons. The molecule has 5 aromatic carbocycles. The zero-order valence-electron chi connectivity index (χ0n) is 25.1. The fourth-order valence-corrected chi connectivity index (χ4v) is 9.94. The van der Waals surface area contributed by atoms with E-state index in [2.05, 4.69) is 138 Å². The maximum absolute atomic E-state index is 2.55. The van der Waals surface area contributed by atoms with Gasteiger partial charge in [0.05, 0.1) is 0 Å².